The first-order chi connectivity index (χ1) is 10.0. The van der Waals surface area contributed by atoms with Crippen LogP contribution in [-0.4, -0.2) is 40.6 Å². The van der Waals surface area contributed by atoms with Crippen LogP contribution in [0.5, 0.6) is 0 Å². The molecule has 0 bridgehead atoms. The van der Waals surface area contributed by atoms with Crippen molar-refractivity contribution in [3.05, 3.63) is 29.8 Å². The Kier molecular flexibility index (Phi) is 7.35. The summed E-state index contributed by atoms with van der Waals surface area (Å²) in [6.07, 6.45) is 0.717. The number of ether oxygens (including phenoxy) is 1. The van der Waals surface area contributed by atoms with Crippen molar-refractivity contribution in [2.45, 2.75) is 25.2 Å². The first-order valence-electron chi connectivity index (χ1n) is 6.97. The van der Waals surface area contributed by atoms with Crippen molar-refractivity contribution >= 4 is 15.9 Å². The number of amides is 1. The third-order valence-corrected chi connectivity index (χ3v) is 4.24. The maximum absolute atomic E-state index is 11.9. The van der Waals surface area contributed by atoms with E-state index in [1.54, 1.807) is 19.1 Å². The normalized spacial score (nSPS) is 11.3. The number of hydrogen-bond acceptors (Lipinski definition) is 4. The third kappa shape index (κ3) is 5.82. The highest BCUT2D eigenvalue weighted by Gasteiger charge is 2.14. The minimum absolute atomic E-state index is 0.0892. The topological polar surface area (TPSA) is 84.5 Å². The Morgan fingerprint density at radius 2 is 2.05 bits per heavy atom. The van der Waals surface area contributed by atoms with Gasteiger partial charge in [0.25, 0.3) is 5.91 Å². The monoisotopic (exact) mass is 314 g/mol. The molecule has 7 heteroatoms. The minimum atomic E-state index is -3.55. The highest BCUT2D eigenvalue weighted by Crippen LogP contribution is 2.11. The fraction of sp³-hybridized carbons (Fsp3) is 0.500. The molecule has 118 valence electrons. The first-order valence-corrected chi connectivity index (χ1v) is 8.45. The summed E-state index contributed by atoms with van der Waals surface area (Å²) in [4.78, 5) is 12.0. The van der Waals surface area contributed by atoms with E-state index in [-0.39, 0.29) is 10.8 Å². The lowest BCUT2D eigenvalue weighted by Crippen LogP contribution is -2.26. The molecule has 0 atom stereocenters. The molecular formula is C14H22N2O4S. The van der Waals surface area contributed by atoms with Crippen molar-refractivity contribution in [3.8, 4) is 0 Å². The van der Waals surface area contributed by atoms with E-state index in [4.69, 9.17) is 4.74 Å². The average Bonchev–Trinajstić information content (AvgIpc) is 2.47. The quantitative estimate of drug-likeness (QED) is 0.670. The number of rotatable bonds is 9. The fourth-order valence-electron chi connectivity index (χ4n) is 1.70. The molecule has 6 nitrogen and oxygen atoms in total. The lowest BCUT2D eigenvalue weighted by molar-refractivity contribution is 0.0944. The molecule has 0 heterocycles. The number of sulfonamides is 1. The summed E-state index contributed by atoms with van der Waals surface area (Å²) >= 11 is 0. The molecule has 21 heavy (non-hydrogen) atoms. The molecule has 0 unspecified atom stereocenters. The Bertz CT molecular complexity index is 558. The van der Waals surface area contributed by atoms with Gasteiger partial charge in [0.1, 0.15) is 0 Å². The molecular weight excluding hydrogens is 292 g/mol. The predicted octanol–water partition coefficient (Wildman–Crippen LogP) is 1.14. The highest BCUT2D eigenvalue weighted by molar-refractivity contribution is 7.89. The first kappa shape index (κ1) is 17.6. The van der Waals surface area contributed by atoms with E-state index < -0.39 is 10.0 Å². The van der Waals surface area contributed by atoms with Crippen LogP contribution in [0, 0.1) is 0 Å². The molecule has 1 rings (SSSR count). The maximum atomic E-state index is 11.9. The molecule has 1 aromatic carbocycles. The summed E-state index contributed by atoms with van der Waals surface area (Å²) in [6.45, 7) is 5.64. The largest absolute Gasteiger partial charge is 0.382 e. The summed E-state index contributed by atoms with van der Waals surface area (Å²) in [6, 6.07) is 5.97. The van der Waals surface area contributed by atoms with Crippen molar-refractivity contribution in [2.75, 3.05) is 26.3 Å². The Morgan fingerprint density at radius 3 is 2.71 bits per heavy atom. The lowest BCUT2D eigenvalue weighted by atomic mass is 10.2. The fourth-order valence-corrected chi connectivity index (χ4v) is 2.79. The molecule has 1 aromatic rings. The van der Waals surface area contributed by atoms with E-state index in [1.165, 1.54) is 12.1 Å². The van der Waals surface area contributed by atoms with E-state index in [1.807, 2.05) is 6.92 Å². The zero-order valence-electron chi connectivity index (χ0n) is 12.4. The molecule has 0 aliphatic heterocycles. The molecule has 0 aliphatic carbocycles. The summed E-state index contributed by atoms with van der Waals surface area (Å²) in [7, 11) is -3.55. The Morgan fingerprint density at radius 1 is 1.29 bits per heavy atom. The van der Waals surface area contributed by atoms with Gasteiger partial charge in [0.2, 0.25) is 10.0 Å². The maximum Gasteiger partial charge on any atom is 0.251 e. The van der Waals surface area contributed by atoms with Gasteiger partial charge in [-0.3, -0.25) is 4.79 Å². The van der Waals surface area contributed by atoms with Crippen molar-refractivity contribution in [2.24, 2.45) is 0 Å². The van der Waals surface area contributed by atoms with Crippen LogP contribution < -0.4 is 10.0 Å². The van der Waals surface area contributed by atoms with Crippen LogP contribution in [0.15, 0.2) is 29.2 Å². The zero-order valence-corrected chi connectivity index (χ0v) is 13.2. The zero-order chi connectivity index (χ0) is 15.7. The van der Waals surface area contributed by atoms with E-state index in [0.717, 1.165) is 6.42 Å². The highest BCUT2D eigenvalue weighted by atomic mass is 32.2. The van der Waals surface area contributed by atoms with E-state index >= 15 is 0 Å². The SMILES string of the molecule is CCNS(=O)(=O)c1cccc(C(=O)NCCCOCC)c1. The molecule has 0 fully saturated rings. The Balaban J connectivity index is 2.65. The van der Waals surface area contributed by atoms with Gasteiger partial charge in [-0.2, -0.15) is 0 Å². The van der Waals surface area contributed by atoms with E-state index in [2.05, 4.69) is 10.0 Å². The number of carbonyl (C=O) groups excluding carboxylic acids is 1. The van der Waals surface area contributed by atoms with Crippen LogP contribution in [-0.2, 0) is 14.8 Å². The number of carbonyl (C=O) groups is 1. The molecule has 0 aromatic heterocycles. The van der Waals surface area contributed by atoms with E-state index in [9.17, 15) is 13.2 Å². The smallest absolute Gasteiger partial charge is 0.251 e. The summed E-state index contributed by atoms with van der Waals surface area (Å²) in [5, 5.41) is 2.73. The van der Waals surface area contributed by atoms with Crippen molar-refractivity contribution < 1.29 is 17.9 Å². The van der Waals surface area contributed by atoms with Crippen LogP contribution in [0.3, 0.4) is 0 Å². The van der Waals surface area contributed by atoms with Gasteiger partial charge in [0, 0.05) is 31.9 Å². The van der Waals surface area contributed by atoms with Gasteiger partial charge in [0.15, 0.2) is 0 Å². The van der Waals surface area contributed by atoms with Gasteiger partial charge in [-0.15, -0.1) is 0 Å². The molecule has 0 spiro atoms. The van der Waals surface area contributed by atoms with Gasteiger partial charge < -0.3 is 10.1 Å². The molecule has 0 saturated carbocycles. The van der Waals surface area contributed by atoms with Crippen LogP contribution in [0.25, 0.3) is 0 Å². The Labute approximate surface area is 125 Å². The van der Waals surface area contributed by atoms with E-state index in [0.29, 0.717) is 31.9 Å². The number of nitrogens with one attached hydrogen (secondary N) is 2. The standard InChI is InChI=1S/C14H22N2O4S/c1-3-16-21(18,19)13-8-5-7-12(11-13)14(17)15-9-6-10-20-4-2/h5,7-8,11,16H,3-4,6,9-10H2,1-2H3,(H,15,17). The van der Waals surface area contributed by atoms with Gasteiger partial charge >= 0.3 is 0 Å². The minimum Gasteiger partial charge on any atom is -0.382 e. The Hall–Kier alpha value is -1.44. The second-order valence-corrected chi connectivity index (χ2v) is 6.10. The lowest BCUT2D eigenvalue weighted by Gasteiger charge is -2.08. The second kappa shape index (κ2) is 8.76. The van der Waals surface area contributed by atoms with Gasteiger partial charge in [-0.25, -0.2) is 13.1 Å². The number of hydrogen-bond donors (Lipinski definition) is 2. The average molecular weight is 314 g/mol. The molecule has 0 radical (unpaired) electrons. The molecule has 1 amide bonds. The summed E-state index contributed by atoms with van der Waals surface area (Å²) in [5.41, 5.74) is 0.324. The van der Waals surface area contributed by atoms with Crippen molar-refractivity contribution in [1.29, 1.82) is 0 Å². The van der Waals surface area contributed by atoms with Crippen molar-refractivity contribution in [3.63, 3.8) is 0 Å². The number of benzene rings is 1. The second-order valence-electron chi connectivity index (χ2n) is 4.34. The summed E-state index contributed by atoms with van der Waals surface area (Å²) in [5.74, 6) is -0.292. The van der Waals surface area contributed by atoms with Crippen LogP contribution in [0.2, 0.25) is 0 Å². The van der Waals surface area contributed by atoms with Crippen LogP contribution >= 0.6 is 0 Å². The molecule has 0 saturated heterocycles. The van der Waals surface area contributed by atoms with Gasteiger partial charge in [-0.1, -0.05) is 13.0 Å². The van der Waals surface area contributed by atoms with Crippen LogP contribution in [0.1, 0.15) is 30.6 Å². The molecule has 2 N–H and O–H groups in total. The van der Waals surface area contributed by atoms with Crippen molar-refractivity contribution in [1.82, 2.24) is 10.0 Å². The molecule has 0 aliphatic rings. The van der Waals surface area contributed by atoms with Gasteiger partial charge in [0.05, 0.1) is 4.90 Å². The summed E-state index contributed by atoms with van der Waals surface area (Å²) < 4.78 is 31.3. The van der Waals surface area contributed by atoms with Gasteiger partial charge in [-0.05, 0) is 31.5 Å². The predicted molar refractivity (Wildman–Crippen MR) is 80.7 cm³/mol. The third-order valence-electron chi connectivity index (χ3n) is 2.70. The van der Waals surface area contributed by atoms with Crippen LogP contribution in [0.4, 0.5) is 0 Å².